The smallest absolute Gasteiger partial charge is 0.246 e. The summed E-state index contributed by atoms with van der Waals surface area (Å²) in [5.41, 5.74) is 6.10. The molecule has 1 aliphatic rings. The van der Waals surface area contributed by atoms with E-state index in [-0.39, 0.29) is 16.7 Å². The van der Waals surface area contributed by atoms with Gasteiger partial charge in [0.1, 0.15) is 10.6 Å². The molecule has 0 bridgehead atoms. The summed E-state index contributed by atoms with van der Waals surface area (Å²) >= 11 is 0. The number of methoxy groups -OCH3 is 2. The van der Waals surface area contributed by atoms with Gasteiger partial charge in [-0.15, -0.1) is 0 Å². The Bertz CT molecular complexity index is 559. The van der Waals surface area contributed by atoms with Gasteiger partial charge in [0.25, 0.3) is 0 Å². The molecule has 1 unspecified atom stereocenters. The Hall–Kier alpha value is -1.31. The van der Waals surface area contributed by atoms with Gasteiger partial charge in [-0.25, -0.2) is 8.42 Å². The average Bonchev–Trinajstić information content (AvgIpc) is 2.87. The molecule has 0 aromatic heterocycles. The molecule has 0 saturated carbocycles. The molecule has 1 aromatic rings. The van der Waals surface area contributed by atoms with E-state index < -0.39 is 10.0 Å². The number of nitrogen functional groups attached to an aromatic ring is 1. The van der Waals surface area contributed by atoms with E-state index >= 15 is 0 Å². The maximum atomic E-state index is 12.5. The highest BCUT2D eigenvalue weighted by Crippen LogP contribution is 2.30. The Morgan fingerprint density at radius 2 is 2.11 bits per heavy atom. The van der Waals surface area contributed by atoms with Crippen LogP contribution in [0.15, 0.2) is 23.1 Å². The van der Waals surface area contributed by atoms with E-state index in [9.17, 15) is 8.42 Å². The van der Waals surface area contributed by atoms with Crippen LogP contribution < -0.4 is 10.5 Å². The zero-order valence-corrected chi connectivity index (χ0v) is 11.8. The number of ether oxygens (including phenoxy) is 2. The first-order valence-corrected chi connectivity index (χ1v) is 7.39. The largest absolute Gasteiger partial charge is 0.495 e. The number of hydrogen-bond donors (Lipinski definition) is 1. The van der Waals surface area contributed by atoms with Gasteiger partial charge in [0, 0.05) is 32.0 Å². The molecule has 0 spiro atoms. The normalized spacial score (nSPS) is 20.6. The van der Waals surface area contributed by atoms with E-state index in [0.717, 1.165) is 0 Å². The summed E-state index contributed by atoms with van der Waals surface area (Å²) in [4.78, 5) is 0.140. The second-order valence-electron chi connectivity index (χ2n) is 4.42. The van der Waals surface area contributed by atoms with Crippen LogP contribution in [0.4, 0.5) is 5.69 Å². The number of hydrogen-bond acceptors (Lipinski definition) is 5. The summed E-state index contributed by atoms with van der Waals surface area (Å²) in [6, 6.07) is 4.54. The van der Waals surface area contributed by atoms with Crippen molar-refractivity contribution in [2.45, 2.75) is 17.4 Å². The molecule has 2 N–H and O–H groups in total. The summed E-state index contributed by atoms with van der Waals surface area (Å²) < 4.78 is 36.8. The zero-order chi connectivity index (χ0) is 14.0. The molecule has 106 valence electrons. The first-order valence-electron chi connectivity index (χ1n) is 5.95. The Kier molecular flexibility index (Phi) is 3.98. The van der Waals surface area contributed by atoms with Crippen molar-refractivity contribution in [2.24, 2.45) is 0 Å². The van der Waals surface area contributed by atoms with Crippen LogP contribution in [0.1, 0.15) is 6.42 Å². The van der Waals surface area contributed by atoms with Gasteiger partial charge in [0.15, 0.2) is 0 Å². The SMILES string of the molecule is COc1cc(N)ccc1S(=O)(=O)N1CCC(OC)C1. The van der Waals surface area contributed by atoms with E-state index in [4.69, 9.17) is 15.2 Å². The maximum absolute atomic E-state index is 12.5. The van der Waals surface area contributed by atoms with Gasteiger partial charge in [-0.3, -0.25) is 0 Å². The van der Waals surface area contributed by atoms with Gasteiger partial charge < -0.3 is 15.2 Å². The van der Waals surface area contributed by atoms with Gasteiger partial charge >= 0.3 is 0 Å². The molecule has 0 amide bonds. The first-order chi connectivity index (χ1) is 8.98. The number of sulfonamides is 1. The molecule has 6 nitrogen and oxygen atoms in total. The molecule has 1 saturated heterocycles. The third-order valence-electron chi connectivity index (χ3n) is 3.25. The zero-order valence-electron chi connectivity index (χ0n) is 11.0. The van der Waals surface area contributed by atoms with Crippen molar-refractivity contribution in [3.8, 4) is 5.75 Å². The Balaban J connectivity index is 2.35. The summed E-state index contributed by atoms with van der Waals surface area (Å²) in [6.45, 7) is 0.820. The molecule has 0 aliphatic carbocycles. The minimum atomic E-state index is -3.57. The van der Waals surface area contributed by atoms with Crippen molar-refractivity contribution in [3.05, 3.63) is 18.2 Å². The third-order valence-corrected chi connectivity index (χ3v) is 5.15. The predicted molar refractivity (Wildman–Crippen MR) is 71.6 cm³/mol. The van der Waals surface area contributed by atoms with E-state index in [1.54, 1.807) is 13.2 Å². The number of anilines is 1. The van der Waals surface area contributed by atoms with Gasteiger partial charge in [-0.05, 0) is 18.6 Å². The minimum Gasteiger partial charge on any atom is -0.495 e. The minimum absolute atomic E-state index is 0.0467. The van der Waals surface area contributed by atoms with Crippen LogP contribution in [-0.2, 0) is 14.8 Å². The maximum Gasteiger partial charge on any atom is 0.246 e. The lowest BCUT2D eigenvalue weighted by Crippen LogP contribution is -2.30. The highest BCUT2D eigenvalue weighted by molar-refractivity contribution is 7.89. The lowest BCUT2D eigenvalue weighted by atomic mass is 10.3. The molecule has 0 radical (unpaired) electrons. The summed E-state index contributed by atoms with van der Waals surface area (Å²) in [7, 11) is -0.554. The predicted octanol–water partition coefficient (Wildman–Crippen LogP) is 0.687. The van der Waals surface area contributed by atoms with Crippen molar-refractivity contribution in [1.29, 1.82) is 0 Å². The number of nitrogens with two attached hydrogens (primary N) is 1. The van der Waals surface area contributed by atoms with Crippen molar-refractivity contribution in [3.63, 3.8) is 0 Å². The molecule has 19 heavy (non-hydrogen) atoms. The molecule has 1 aromatic carbocycles. The van der Waals surface area contributed by atoms with Gasteiger partial charge in [0.2, 0.25) is 10.0 Å². The molecular formula is C12H18N2O4S. The summed E-state index contributed by atoms with van der Waals surface area (Å²) in [5, 5.41) is 0. The Morgan fingerprint density at radius 3 is 2.68 bits per heavy atom. The molecule has 1 heterocycles. The first kappa shape index (κ1) is 14.1. The fourth-order valence-corrected chi connectivity index (χ4v) is 3.77. The molecule has 1 atom stereocenters. The highest BCUT2D eigenvalue weighted by Gasteiger charge is 2.34. The van der Waals surface area contributed by atoms with Crippen LogP contribution in [-0.4, -0.2) is 46.1 Å². The number of benzene rings is 1. The van der Waals surface area contributed by atoms with Crippen LogP contribution in [0.5, 0.6) is 5.75 Å². The summed E-state index contributed by atoms with van der Waals surface area (Å²) in [6.07, 6.45) is 0.655. The molecule has 1 fully saturated rings. The monoisotopic (exact) mass is 286 g/mol. The van der Waals surface area contributed by atoms with Crippen LogP contribution >= 0.6 is 0 Å². The standard InChI is InChI=1S/C12H18N2O4S/c1-17-10-5-6-14(8-10)19(15,16)12-4-3-9(13)7-11(12)18-2/h3-4,7,10H,5-6,8,13H2,1-2H3. The lowest BCUT2D eigenvalue weighted by molar-refractivity contribution is 0.115. The van der Waals surface area contributed by atoms with Crippen LogP contribution in [0.2, 0.25) is 0 Å². The second-order valence-corrected chi connectivity index (χ2v) is 6.33. The van der Waals surface area contributed by atoms with Crippen LogP contribution in [0.3, 0.4) is 0 Å². The number of nitrogens with zero attached hydrogens (tertiary/aromatic N) is 1. The van der Waals surface area contributed by atoms with Gasteiger partial charge in [-0.2, -0.15) is 4.31 Å². The fourth-order valence-electron chi connectivity index (χ4n) is 2.14. The quantitative estimate of drug-likeness (QED) is 0.823. The van der Waals surface area contributed by atoms with Gasteiger partial charge in [0.05, 0.1) is 13.2 Å². The number of rotatable bonds is 4. The Labute approximate surface area is 113 Å². The van der Waals surface area contributed by atoms with Crippen molar-refractivity contribution < 1.29 is 17.9 Å². The topological polar surface area (TPSA) is 81.9 Å². The van der Waals surface area contributed by atoms with E-state index in [1.807, 2.05) is 0 Å². The second kappa shape index (κ2) is 5.36. The van der Waals surface area contributed by atoms with E-state index in [1.165, 1.54) is 23.5 Å². The van der Waals surface area contributed by atoms with Crippen molar-refractivity contribution >= 4 is 15.7 Å². The molecular weight excluding hydrogens is 268 g/mol. The van der Waals surface area contributed by atoms with Crippen molar-refractivity contribution in [2.75, 3.05) is 33.0 Å². The van der Waals surface area contributed by atoms with Crippen molar-refractivity contribution in [1.82, 2.24) is 4.31 Å². The molecule has 7 heteroatoms. The lowest BCUT2D eigenvalue weighted by Gasteiger charge is -2.18. The van der Waals surface area contributed by atoms with Crippen LogP contribution in [0.25, 0.3) is 0 Å². The van der Waals surface area contributed by atoms with E-state index in [0.29, 0.717) is 25.2 Å². The van der Waals surface area contributed by atoms with Gasteiger partial charge in [-0.1, -0.05) is 0 Å². The molecule has 2 rings (SSSR count). The fraction of sp³-hybridized carbons (Fsp3) is 0.500. The van der Waals surface area contributed by atoms with E-state index in [2.05, 4.69) is 0 Å². The molecule has 1 aliphatic heterocycles. The Morgan fingerprint density at radius 1 is 1.37 bits per heavy atom. The average molecular weight is 286 g/mol. The third kappa shape index (κ3) is 2.68. The van der Waals surface area contributed by atoms with Crippen LogP contribution in [0, 0.1) is 0 Å². The summed E-state index contributed by atoms with van der Waals surface area (Å²) in [5.74, 6) is 0.265. The highest BCUT2D eigenvalue weighted by atomic mass is 32.2.